The molecule has 0 bridgehead atoms. The molecule has 38 heavy (non-hydrogen) atoms. The predicted octanol–water partition coefficient (Wildman–Crippen LogP) is 3.94. The first-order chi connectivity index (χ1) is 18.4. The van der Waals surface area contributed by atoms with E-state index in [0.29, 0.717) is 81.4 Å². The molecule has 0 spiro atoms. The van der Waals surface area contributed by atoms with E-state index in [4.69, 9.17) is 37.9 Å². The van der Waals surface area contributed by atoms with Gasteiger partial charge in [-0.25, -0.2) is 0 Å². The maximum Gasteiger partial charge on any atom is 0.231 e. The van der Waals surface area contributed by atoms with Gasteiger partial charge >= 0.3 is 0 Å². The SMILES string of the molecule is COc1cc(/C=C2\CN(C(C)C)C/C(=C\c3cc(OC)c4c(c3OC)OCO4)C2=O)c(OC)c2c1OCO2. The van der Waals surface area contributed by atoms with Crippen LogP contribution >= 0.6 is 0 Å². The van der Waals surface area contributed by atoms with E-state index in [2.05, 4.69) is 18.7 Å². The van der Waals surface area contributed by atoms with E-state index in [-0.39, 0.29) is 25.4 Å². The highest BCUT2D eigenvalue weighted by molar-refractivity contribution is 6.15. The zero-order valence-corrected chi connectivity index (χ0v) is 22.3. The van der Waals surface area contributed by atoms with Gasteiger partial charge in [0.05, 0.1) is 28.4 Å². The summed E-state index contributed by atoms with van der Waals surface area (Å²) in [4.78, 5) is 16.1. The zero-order chi connectivity index (χ0) is 27.0. The molecule has 1 fully saturated rings. The van der Waals surface area contributed by atoms with Crippen LogP contribution in [0.25, 0.3) is 12.2 Å². The molecule has 2 aromatic rings. The second-order valence-corrected chi connectivity index (χ2v) is 9.20. The fourth-order valence-electron chi connectivity index (χ4n) is 4.81. The van der Waals surface area contributed by atoms with Gasteiger partial charge < -0.3 is 37.9 Å². The first-order valence-corrected chi connectivity index (χ1v) is 12.2. The van der Waals surface area contributed by atoms with Gasteiger partial charge in [-0.15, -0.1) is 0 Å². The van der Waals surface area contributed by atoms with E-state index in [1.54, 1.807) is 40.6 Å². The normalized spacial score (nSPS) is 18.4. The molecule has 2 aromatic carbocycles. The van der Waals surface area contributed by atoms with Crippen LogP contribution in [0.5, 0.6) is 46.0 Å². The van der Waals surface area contributed by atoms with Crippen LogP contribution in [0.4, 0.5) is 0 Å². The lowest BCUT2D eigenvalue weighted by Gasteiger charge is -2.33. The third kappa shape index (κ3) is 4.34. The number of Topliss-reactive ketones (excluding diaryl/α,β-unsaturated/α-hetero) is 1. The molecule has 0 saturated carbocycles. The third-order valence-corrected chi connectivity index (χ3v) is 6.75. The number of methoxy groups -OCH3 is 4. The molecule has 0 N–H and O–H groups in total. The number of nitrogens with zero attached hydrogens (tertiary/aromatic N) is 1. The van der Waals surface area contributed by atoms with E-state index >= 15 is 0 Å². The van der Waals surface area contributed by atoms with Crippen molar-refractivity contribution < 1.29 is 42.7 Å². The summed E-state index contributed by atoms with van der Waals surface area (Å²) < 4.78 is 44.8. The Morgan fingerprint density at radius 2 is 1.13 bits per heavy atom. The van der Waals surface area contributed by atoms with Crippen molar-refractivity contribution in [3.05, 3.63) is 34.4 Å². The number of carbonyl (C=O) groups excluding carboxylic acids is 1. The molecule has 3 aliphatic rings. The lowest BCUT2D eigenvalue weighted by molar-refractivity contribution is -0.113. The second-order valence-electron chi connectivity index (χ2n) is 9.20. The van der Waals surface area contributed by atoms with Crippen LogP contribution in [0, 0.1) is 0 Å². The molecule has 1 saturated heterocycles. The number of fused-ring (bicyclic) bond motifs is 2. The molecule has 0 amide bonds. The molecule has 3 aliphatic heterocycles. The zero-order valence-electron chi connectivity index (χ0n) is 22.3. The Balaban J connectivity index is 1.61. The summed E-state index contributed by atoms with van der Waals surface area (Å²) in [5.41, 5.74) is 2.51. The number of carbonyl (C=O) groups is 1. The van der Waals surface area contributed by atoms with Crippen LogP contribution in [0.1, 0.15) is 25.0 Å². The Morgan fingerprint density at radius 1 is 0.711 bits per heavy atom. The number of ether oxygens (including phenoxy) is 8. The minimum Gasteiger partial charge on any atom is -0.493 e. The molecule has 3 heterocycles. The Hall–Kier alpha value is -4.05. The van der Waals surface area contributed by atoms with Crippen molar-refractivity contribution >= 4 is 17.9 Å². The van der Waals surface area contributed by atoms with E-state index in [0.717, 1.165) is 0 Å². The molecule has 5 rings (SSSR count). The van der Waals surface area contributed by atoms with Crippen molar-refractivity contribution in [3.63, 3.8) is 0 Å². The smallest absolute Gasteiger partial charge is 0.231 e. The topological polar surface area (TPSA) is 94.2 Å². The summed E-state index contributed by atoms with van der Waals surface area (Å²) in [6.07, 6.45) is 3.65. The summed E-state index contributed by atoms with van der Waals surface area (Å²) in [5, 5.41) is 0. The van der Waals surface area contributed by atoms with Gasteiger partial charge in [0, 0.05) is 41.4 Å². The molecular weight excluding hydrogens is 494 g/mol. The number of rotatable bonds is 7. The van der Waals surface area contributed by atoms with E-state index < -0.39 is 0 Å². The molecule has 0 atom stereocenters. The average Bonchev–Trinajstić information content (AvgIpc) is 3.60. The highest BCUT2D eigenvalue weighted by atomic mass is 16.7. The van der Waals surface area contributed by atoms with E-state index in [1.165, 1.54) is 0 Å². The largest absolute Gasteiger partial charge is 0.493 e. The van der Waals surface area contributed by atoms with Gasteiger partial charge in [0.25, 0.3) is 0 Å². The molecule has 202 valence electrons. The van der Waals surface area contributed by atoms with Crippen LogP contribution in [0.2, 0.25) is 0 Å². The number of hydrogen-bond donors (Lipinski definition) is 0. The molecule has 0 radical (unpaired) electrons. The highest BCUT2D eigenvalue weighted by Gasteiger charge is 2.32. The van der Waals surface area contributed by atoms with Gasteiger partial charge in [-0.1, -0.05) is 0 Å². The quantitative estimate of drug-likeness (QED) is 0.495. The third-order valence-electron chi connectivity index (χ3n) is 6.75. The maximum absolute atomic E-state index is 13.9. The average molecular weight is 526 g/mol. The maximum atomic E-state index is 13.9. The Labute approximate surface area is 221 Å². The number of hydrogen-bond acceptors (Lipinski definition) is 10. The highest BCUT2D eigenvalue weighted by Crippen LogP contribution is 2.51. The van der Waals surface area contributed by atoms with Gasteiger partial charge in [-0.2, -0.15) is 0 Å². The Kier molecular flexibility index (Phi) is 6.98. The lowest BCUT2D eigenvalue weighted by Crippen LogP contribution is -2.41. The van der Waals surface area contributed by atoms with Crippen molar-refractivity contribution in [1.29, 1.82) is 0 Å². The Morgan fingerprint density at radius 3 is 1.50 bits per heavy atom. The molecule has 10 nitrogen and oxygen atoms in total. The van der Waals surface area contributed by atoms with Crippen molar-refractivity contribution in [3.8, 4) is 46.0 Å². The second kappa shape index (κ2) is 10.4. The van der Waals surface area contributed by atoms with Gasteiger partial charge in [-0.3, -0.25) is 9.69 Å². The van der Waals surface area contributed by atoms with Crippen LogP contribution in [0.15, 0.2) is 23.3 Å². The summed E-state index contributed by atoms with van der Waals surface area (Å²) in [7, 11) is 6.22. The van der Waals surface area contributed by atoms with Crippen LogP contribution in [-0.4, -0.2) is 71.8 Å². The minimum absolute atomic E-state index is 0.0653. The van der Waals surface area contributed by atoms with E-state index in [9.17, 15) is 4.79 Å². The Bertz CT molecular complexity index is 1230. The number of ketones is 1. The molecule has 0 unspecified atom stereocenters. The van der Waals surface area contributed by atoms with Gasteiger partial charge in [0.2, 0.25) is 36.6 Å². The number of likely N-dealkylation sites (tertiary alicyclic amines) is 1. The molecule has 10 heteroatoms. The van der Waals surface area contributed by atoms with E-state index in [1.807, 2.05) is 12.2 Å². The molecule has 0 aromatic heterocycles. The standard InChI is InChI=1S/C28H31NO9/c1-15(2)29-11-18(7-16-9-20(31-3)25-27(23(16)33-5)37-13-35-25)22(30)19(12-29)8-17-10-21(32-4)26-28(24(17)34-6)38-14-36-26/h7-10,15H,11-14H2,1-6H3/b18-7+,19-8+. The molecular formula is C28H31NO9. The number of piperidine rings is 1. The summed E-state index contributed by atoms with van der Waals surface area (Å²) >= 11 is 0. The number of benzene rings is 2. The fourth-order valence-corrected chi connectivity index (χ4v) is 4.81. The fraction of sp³-hybridized carbons (Fsp3) is 0.393. The van der Waals surface area contributed by atoms with Crippen LogP contribution < -0.4 is 37.9 Å². The van der Waals surface area contributed by atoms with Gasteiger partial charge in [-0.05, 0) is 38.1 Å². The van der Waals surface area contributed by atoms with Gasteiger partial charge in [0.15, 0.2) is 28.8 Å². The van der Waals surface area contributed by atoms with Crippen LogP contribution in [0.3, 0.4) is 0 Å². The first kappa shape index (κ1) is 25.6. The van der Waals surface area contributed by atoms with Gasteiger partial charge in [0.1, 0.15) is 0 Å². The molecule has 0 aliphatic carbocycles. The lowest BCUT2D eigenvalue weighted by atomic mass is 9.92. The predicted molar refractivity (Wildman–Crippen MR) is 139 cm³/mol. The van der Waals surface area contributed by atoms with Crippen molar-refractivity contribution in [2.75, 3.05) is 55.1 Å². The monoisotopic (exact) mass is 525 g/mol. The van der Waals surface area contributed by atoms with Crippen molar-refractivity contribution in [2.45, 2.75) is 19.9 Å². The van der Waals surface area contributed by atoms with Crippen molar-refractivity contribution in [1.82, 2.24) is 4.90 Å². The van der Waals surface area contributed by atoms with Crippen LogP contribution in [-0.2, 0) is 4.79 Å². The summed E-state index contributed by atoms with van der Waals surface area (Å²) in [6.45, 7) is 5.26. The summed E-state index contributed by atoms with van der Waals surface area (Å²) in [6, 6.07) is 3.77. The summed E-state index contributed by atoms with van der Waals surface area (Å²) in [5.74, 6) is 3.75. The van der Waals surface area contributed by atoms with Crippen molar-refractivity contribution in [2.24, 2.45) is 0 Å². The first-order valence-electron chi connectivity index (χ1n) is 12.2. The minimum atomic E-state index is -0.0840.